The van der Waals surface area contributed by atoms with Gasteiger partial charge in [0.2, 0.25) is 11.8 Å². The van der Waals surface area contributed by atoms with Gasteiger partial charge < -0.3 is 14.4 Å². The minimum Gasteiger partial charge on any atom is -0.342 e. The van der Waals surface area contributed by atoms with Crippen molar-refractivity contribution >= 4 is 28.5 Å². The summed E-state index contributed by atoms with van der Waals surface area (Å²) in [5.41, 5.74) is 3.11. The minimum absolute atomic E-state index is 0.0434. The predicted molar refractivity (Wildman–Crippen MR) is 121 cm³/mol. The Bertz CT molecular complexity index is 1100. The van der Waals surface area contributed by atoms with E-state index in [9.17, 15) is 9.59 Å². The molecule has 2 aromatic carbocycles. The van der Waals surface area contributed by atoms with Crippen molar-refractivity contribution in [2.75, 3.05) is 24.5 Å². The Balaban J connectivity index is 1.19. The molecule has 2 amide bonds. The quantitative estimate of drug-likeness (QED) is 0.653. The second-order valence-corrected chi connectivity index (χ2v) is 8.77. The molecule has 0 N–H and O–H groups in total. The van der Waals surface area contributed by atoms with Gasteiger partial charge in [-0.3, -0.25) is 9.59 Å². The van der Waals surface area contributed by atoms with Gasteiger partial charge in [0, 0.05) is 38.3 Å². The van der Waals surface area contributed by atoms with Gasteiger partial charge in [-0.05, 0) is 49.9 Å². The van der Waals surface area contributed by atoms with Crippen LogP contribution < -0.4 is 4.90 Å². The Morgan fingerprint density at radius 3 is 2.52 bits per heavy atom. The lowest BCUT2D eigenvalue weighted by molar-refractivity contribution is -0.137. The van der Waals surface area contributed by atoms with E-state index in [4.69, 9.17) is 0 Å². The Kier molecular flexibility index (Phi) is 5.22. The van der Waals surface area contributed by atoms with Crippen molar-refractivity contribution in [2.45, 2.75) is 32.7 Å². The van der Waals surface area contributed by atoms with E-state index in [1.165, 1.54) is 5.52 Å². The van der Waals surface area contributed by atoms with Crippen molar-refractivity contribution in [1.82, 2.24) is 14.5 Å². The molecule has 2 saturated heterocycles. The number of nitrogens with zero attached hydrogens (tertiary/aromatic N) is 4. The third kappa shape index (κ3) is 3.82. The van der Waals surface area contributed by atoms with Crippen LogP contribution in [0.15, 0.2) is 54.6 Å². The SMILES string of the molecule is Cc1nc2ccccc2n1CC1CCN(C(=O)C2CC(=O)N(c3ccccc3)C2)CC1. The largest absolute Gasteiger partial charge is 0.342 e. The molecule has 2 aliphatic heterocycles. The average Bonchev–Trinajstić information content (AvgIpc) is 3.34. The third-order valence-corrected chi connectivity index (χ3v) is 6.75. The topological polar surface area (TPSA) is 58.4 Å². The number of carbonyl (C=O) groups is 2. The highest BCUT2D eigenvalue weighted by Gasteiger charge is 2.38. The van der Waals surface area contributed by atoms with Crippen LogP contribution in [0.1, 0.15) is 25.1 Å². The van der Waals surface area contributed by atoms with Crippen LogP contribution in [-0.2, 0) is 16.1 Å². The highest BCUT2D eigenvalue weighted by molar-refractivity contribution is 6.00. The fourth-order valence-electron chi connectivity index (χ4n) is 5.01. The molecule has 6 heteroatoms. The first-order valence-corrected chi connectivity index (χ1v) is 11.2. The number of rotatable bonds is 4. The molecule has 3 aromatic rings. The molecule has 1 aromatic heterocycles. The lowest BCUT2D eigenvalue weighted by Crippen LogP contribution is -2.43. The fourth-order valence-corrected chi connectivity index (χ4v) is 5.01. The molecule has 2 aliphatic rings. The smallest absolute Gasteiger partial charge is 0.228 e. The molecule has 6 nitrogen and oxygen atoms in total. The van der Waals surface area contributed by atoms with E-state index in [0.29, 0.717) is 18.9 Å². The molecular weight excluding hydrogens is 388 g/mol. The number of aromatic nitrogens is 2. The maximum atomic E-state index is 13.1. The maximum absolute atomic E-state index is 13.1. The average molecular weight is 417 g/mol. The zero-order chi connectivity index (χ0) is 21.4. The van der Waals surface area contributed by atoms with E-state index >= 15 is 0 Å². The summed E-state index contributed by atoms with van der Waals surface area (Å²) in [4.78, 5) is 34.0. The number of benzene rings is 2. The summed E-state index contributed by atoms with van der Waals surface area (Å²) < 4.78 is 2.31. The first kappa shape index (κ1) is 19.8. The molecule has 2 fully saturated rings. The van der Waals surface area contributed by atoms with E-state index in [1.807, 2.05) is 41.3 Å². The van der Waals surface area contributed by atoms with E-state index in [-0.39, 0.29) is 17.7 Å². The van der Waals surface area contributed by atoms with Gasteiger partial charge in [0.1, 0.15) is 5.82 Å². The molecule has 0 spiro atoms. The van der Waals surface area contributed by atoms with Crippen LogP contribution in [-0.4, -0.2) is 45.9 Å². The fraction of sp³-hybridized carbons (Fsp3) is 0.400. The number of anilines is 1. The van der Waals surface area contributed by atoms with Gasteiger partial charge >= 0.3 is 0 Å². The predicted octanol–water partition coefficient (Wildman–Crippen LogP) is 3.64. The lowest BCUT2D eigenvalue weighted by Gasteiger charge is -2.34. The Morgan fingerprint density at radius 1 is 1.03 bits per heavy atom. The second kappa shape index (κ2) is 8.17. The number of piperidine rings is 1. The number of para-hydroxylation sites is 3. The molecule has 1 unspecified atom stereocenters. The number of imidazole rings is 1. The van der Waals surface area contributed by atoms with Crippen molar-refractivity contribution in [3.8, 4) is 0 Å². The highest BCUT2D eigenvalue weighted by atomic mass is 16.2. The van der Waals surface area contributed by atoms with E-state index < -0.39 is 0 Å². The summed E-state index contributed by atoms with van der Waals surface area (Å²) in [5, 5.41) is 0. The van der Waals surface area contributed by atoms with Gasteiger partial charge in [-0.1, -0.05) is 30.3 Å². The van der Waals surface area contributed by atoms with Gasteiger partial charge in [0.05, 0.1) is 17.0 Å². The van der Waals surface area contributed by atoms with Crippen LogP contribution in [0.25, 0.3) is 11.0 Å². The van der Waals surface area contributed by atoms with Crippen LogP contribution >= 0.6 is 0 Å². The van der Waals surface area contributed by atoms with Crippen molar-refractivity contribution in [3.63, 3.8) is 0 Å². The third-order valence-electron chi connectivity index (χ3n) is 6.75. The van der Waals surface area contributed by atoms with Crippen LogP contribution in [0.3, 0.4) is 0 Å². The summed E-state index contributed by atoms with van der Waals surface area (Å²) in [6.45, 7) is 5.03. The van der Waals surface area contributed by atoms with E-state index in [1.54, 1.807) is 4.90 Å². The van der Waals surface area contributed by atoms with Crippen molar-refractivity contribution in [1.29, 1.82) is 0 Å². The van der Waals surface area contributed by atoms with Gasteiger partial charge in [0.25, 0.3) is 0 Å². The second-order valence-electron chi connectivity index (χ2n) is 8.77. The minimum atomic E-state index is -0.232. The lowest BCUT2D eigenvalue weighted by atomic mass is 9.95. The van der Waals surface area contributed by atoms with Gasteiger partial charge in [-0.25, -0.2) is 4.98 Å². The molecule has 0 aliphatic carbocycles. The number of fused-ring (bicyclic) bond motifs is 1. The van der Waals surface area contributed by atoms with Crippen LogP contribution in [0.2, 0.25) is 0 Å². The zero-order valence-corrected chi connectivity index (χ0v) is 17.9. The van der Waals surface area contributed by atoms with Gasteiger partial charge in [-0.15, -0.1) is 0 Å². The summed E-state index contributed by atoms with van der Waals surface area (Å²) in [7, 11) is 0. The summed E-state index contributed by atoms with van der Waals surface area (Å²) >= 11 is 0. The zero-order valence-electron chi connectivity index (χ0n) is 17.9. The van der Waals surface area contributed by atoms with E-state index in [2.05, 4.69) is 34.7 Å². The van der Waals surface area contributed by atoms with Crippen molar-refractivity contribution in [3.05, 3.63) is 60.4 Å². The monoisotopic (exact) mass is 416 g/mol. The van der Waals surface area contributed by atoms with Crippen molar-refractivity contribution in [2.24, 2.45) is 11.8 Å². The number of amides is 2. The number of likely N-dealkylation sites (tertiary alicyclic amines) is 1. The van der Waals surface area contributed by atoms with Crippen LogP contribution in [0, 0.1) is 18.8 Å². The molecule has 31 heavy (non-hydrogen) atoms. The Hall–Kier alpha value is -3.15. The number of hydrogen-bond donors (Lipinski definition) is 0. The first-order chi connectivity index (χ1) is 15.1. The molecular formula is C25H28N4O2. The number of carbonyl (C=O) groups excluding carboxylic acids is 2. The normalized spacial score (nSPS) is 20.0. The first-order valence-electron chi connectivity index (χ1n) is 11.2. The van der Waals surface area contributed by atoms with Crippen LogP contribution in [0.4, 0.5) is 5.69 Å². The highest BCUT2D eigenvalue weighted by Crippen LogP contribution is 2.29. The molecule has 5 rings (SSSR count). The molecule has 3 heterocycles. The molecule has 1 atom stereocenters. The number of aryl methyl sites for hydroxylation is 1. The van der Waals surface area contributed by atoms with Gasteiger partial charge in [0.15, 0.2) is 0 Å². The molecule has 0 saturated carbocycles. The summed E-state index contributed by atoms with van der Waals surface area (Å²) in [6.07, 6.45) is 2.29. The van der Waals surface area contributed by atoms with E-state index in [0.717, 1.165) is 49.5 Å². The summed E-state index contributed by atoms with van der Waals surface area (Å²) in [5.74, 6) is 1.53. The summed E-state index contributed by atoms with van der Waals surface area (Å²) in [6, 6.07) is 17.9. The van der Waals surface area contributed by atoms with Crippen LogP contribution in [0.5, 0.6) is 0 Å². The standard InChI is InChI=1S/C25H28N4O2/c1-18-26-22-9-5-6-10-23(22)28(18)16-19-11-13-27(14-12-19)25(31)20-15-24(30)29(17-20)21-7-3-2-4-8-21/h2-10,19-20H,11-17H2,1H3. The maximum Gasteiger partial charge on any atom is 0.228 e. The Labute approximate surface area is 182 Å². The number of hydrogen-bond acceptors (Lipinski definition) is 3. The Morgan fingerprint density at radius 2 is 1.74 bits per heavy atom. The molecule has 0 radical (unpaired) electrons. The van der Waals surface area contributed by atoms with Crippen molar-refractivity contribution < 1.29 is 9.59 Å². The van der Waals surface area contributed by atoms with Gasteiger partial charge in [-0.2, -0.15) is 0 Å². The molecule has 0 bridgehead atoms. The molecule has 160 valence electrons.